The number of fused-ring (bicyclic) bond motifs is 1. The second-order valence-corrected chi connectivity index (χ2v) is 10.1. The van der Waals surface area contributed by atoms with Crippen molar-refractivity contribution in [2.45, 2.75) is 52.9 Å². The average molecular weight is 482 g/mol. The molecule has 4 aromatic rings. The van der Waals surface area contributed by atoms with E-state index in [0.717, 1.165) is 77.5 Å². The van der Waals surface area contributed by atoms with Crippen LogP contribution >= 0.6 is 0 Å². The number of carbonyl (C=O) groups is 1. The van der Waals surface area contributed by atoms with Crippen LogP contribution in [-0.4, -0.2) is 33.7 Å². The fourth-order valence-corrected chi connectivity index (χ4v) is 5.43. The second-order valence-electron chi connectivity index (χ2n) is 10.1. The van der Waals surface area contributed by atoms with Crippen LogP contribution < -0.4 is 4.90 Å². The van der Waals surface area contributed by atoms with Gasteiger partial charge in [0.15, 0.2) is 0 Å². The lowest BCUT2D eigenvalue weighted by Gasteiger charge is -2.32. The fraction of sp³-hybridized carbons (Fsp3) is 0.355. The number of aromatic nitrogens is 2. The summed E-state index contributed by atoms with van der Waals surface area (Å²) in [4.78, 5) is 20.0. The van der Waals surface area contributed by atoms with E-state index >= 15 is 0 Å². The number of hydrogen-bond acceptors (Lipinski definition) is 3. The number of aromatic carboxylic acids is 1. The maximum absolute atomic E-state index is 12.5. The zero-order valence-corrected chi connectivity index (χ0v) is 21.5. The minimum atomic E-state index is -0.907. The molecule has 2 heterocycles. The molecule has 5 nitrogen and oxygen atoms in total. The number of carboxylic acids is 1. The molecular formula is C31H35N3O2. The number of imidazole rings is 1. The lowest BCUT2D eigenvalue weighted by molar-refractivity contribution is 0.0697. The minimum absolute atomic E-state index is 0.350. The molecular weight excluding hydrogens is 446 g/mol. The van der Waals surface area contributed by atoms with Crippen molar-refractivity contribution in [3.63, 3.8) is 0 Å². The van der Waals surface area contributed by atoms with Crippen LogP contribution in [0.5, 0.6) is 0 Å². The molecule has 0 saturated carbocycles. The number of nitrogens with zero attached hydrogens (tertiary/aromatic N) is 3. The second kappa shape index (κ2) is 10.2. The highest BCUT2D eigenvalue weighted by atomic mass is 16.4. The Labute approximate surface area is 213 Å². The van der Waals surface area contributed by atoms with Gasteiger partial charge in [-0.2, -0.15) is 0 Å². The molecule has 1 aromatic heterocycles. The van der Waals surface area contributed by atoms with Gasteiger partial charge in [0.2, 0.25) is 0 Å². The van der Waals surface area contributed by atoms with Crippen LogP contribution in [0.4, 0.5) is 5.69 Å². The number of unbranched alkanes of at least 4 members (excludes halogenated alkanes) is 1. The van der Waals surface area contributed by atoms with E-state index in [2.05, 4.69) is 47.6 Å². The van der Waals surface area contributed by atoms with Gasteiger partial charge in [-0.1, -0.05) is 56.7 Å². The molecule has 186 valence electrons. The number of rotatable bonds is 7. The molecule has 5 heteroatoms. The van der Waals surface area contributed by atoms with E-state index in [1.165, 1.54) is 18.5 Å². The van der Waals surface area contributed by atoms with Gasteiger partial charge in [0.25, 0.3) is 0 Å². The van der Waals surface area contributed by atoms with Crippen molar-refractivity contribution in [1.29, 1.82) is 0 Å². The summed E-state index contributed by atoms with van der Waals surface area (Å²) < 4.78 is 2.21. The quantitative estimate of drug-likeness (QED) is 0.301. The molecule has 0 unspecified atom stereocenters. The third-order valence-corrected chi connectivity index (χ3v) is 7.59. The molecule has 0 atom stereocenters. The Morgan fingerprint density at radius 3 is 2.50 bits per heavy atom. The summed E-state index contributed by atoms with van der Waals surface area (Å²) in [6.45, 7) is 8.58. The van der Waals surface area contributed by atoms with E-state index in [-0.39, 0.29) is 0 Å². The van der Waals surface area contributed by atoms with Gasteiger partial charge in [-0.15, -0.1) is 0 Å². The Morgan fingerprint density at radius 1 is 1.06 bits per heavy atom. The van der Waals surface area contributed by atoms with E-state index in [4.69, 9.17) is 4.98 Å². The van der Waals surface area contributed by atoms with Gasteiger partial charge in [0.05, 0.1) is 22.3 Å². The number of benzene rings is 3. The first-order valence-electron chi connectivity index (χ1n) is 13.2. The van der Waals surface area contributed by atoms with Crippen LogP contribution in [0.3, 0.4) is 0 Å². The highest BCUT2D eigenvalue weighted by Gasteiger charge is 2.22. The zero-order valence-electron chi connectivity index (χ0n) is 21.5. The number of anilines is 1. The minimum Gasteiger partial charge on any atom is -0.478 e. The third-order valence-electron chi connectivity index (χ3n) is 7.59. The molecule has 5 rings (SSSR count). The summed E-state index contributed by atoms with van der Waals surface area (Å²) >= 11 is 0. The summed E-state index contributed by atoms with van der Waals surface area (Å²) in [5.74, 6) is 0.857. The van der Waals surface area contributed by atoms with Crippen LogP contribution in [0.1, 0.15) is 61.3 Å². The molecule has 1 aliphatic rings. The summed E-state index contributed by atoms with van der Waals surface area (Å²) in [6, 6.07) is 20.3. The Morgan fingerprint density at radius 2 is 1.81 bits per heavy atom. The highest BCUT2D eigenvalue weighted by Crippen LogP contribution is 2.34. The number of aryl methyl sites for hydroxylation is 1. The number of piperidine rings is 1. The molecule has 1 saturated heterocycles. The maximum Gasteiger partial charge on any atom is 0.336 e. The van der Waals surface area contributed by atoms with Gasteiger partial charge in [-0.25, -0.2) is 9.78 Å². The van der Waals surface area contributed by atoms with Crippen molar-refractivity contribution in [2.24, 2.45) is 5.92 Å². The van der Waals surface area contributed by atoms with Gasteiger partial charge < -0.3 is 10.0 Å². The molecule has 3 aromatic carbocycles. The summed E-state index contributed by atoms with van der Waals surface area (Å²) in [5.41, 5.74) is 6.88. The lowest BCUT2D eigenvalue weighted by Crippen LogP contribution is -2.32. The monoisotopic (exact) mass is 481 g/mol. The standard InChI is InChI=1S/C31H35N3O2/c1-4-5-11-29-32-26-14-12-24(33-18-16-21(2)17-19-33)20-28(26)34(29)27-15-13-25(23-9-7-6-8-10-23)30(22(27)3)31(35)36/h6-10,12-15,20-21H,4-5,11,16-19H2,1-3H3,(H,35,36). The van der Waals surface area contributed by atoms with Crippen molar-refractivity contribution < 1.29 is 9.90 Å². The maximum atomic E-state index is 12.5. The molecule has 0 spiro atoms. The Bertz CT molecular complexity index is 1380. The lowest BCUT2D eigenvalue weighted by atomic mass is 9.94. The molecule has 1 aliphatic heterocycles. The topological polar surface area (TPSA) is 58.4 Å². The molecule has 1 N–H and O–H groups in total. The SMILES string of the molecule is CCCCc1nc2ccc(N3CCC(C)CC3)cc2n1-c1ccc(-c2ccccc2)c(C(=O)O)c1C. The van der Waals surface area contributed by atoms with Gasteiger partial charge in [-0.3, -0.25) is 4.57 Å². The zero-order chi connectivity index (χ0) is 25.2. The number of carboxylic acid groups (broad SMARTS) is 1. The van der Waals surface area contributed by atoms with Crippen molar-refractivity contribution in [3.05, 3.63) is 77.6 Å². The van der Waals surface area contributed by atoms with Gasteiger partial charge in [-0.05, 0) is 73.1 Å². The van der Waals surface area contributed by atoms with Crippen LogP contribution in [0.2, 0.25) is 0 Å². The summed E-state index contributed by atoms with van der Waals surface area (Å²) in [6.07, 6.45) is 5.38. The molecule has 36 heavy (non-hydrogen) atoms. The first-order chi connectivity index (χ1) is 17.5. The molecule has 0 radical (unpaired) electrons. The van der Waals surface area contributed by atoms with Crippen molar-refractivity contribution in [1.82, 2.24) is 9.55 Å². The summed E-state index contributed by atoms with van der Waals surface area (Å²) in [7, 11) is 0. The Kier molecular flexibility index (Phi) is 6.82. The van der Waals surface area contributed by atoms with E-state index in [1.807, 2.05) is 43.3 Å². The third kappa shape index (κ3) is 4.50. The smallest absolute Gasteiger partial charge is 0.336 e. The van der Waals surface area contributed by atoms with Gasteiger partial charge in [0, 0.05) is 25.2 Å². The predicted molar refractivity (Wildman–Crippen MR) is 147 cm³/mol. The first kappa shape index (κ1) is 24.1. The Hall–Kier alpha value is -3.60. The van der Waals surface area contributed by atoms with Crippen LogP contribution in [0, 0.1) is 12.8 Å². The first-order valence-corrected chi connectivity index (χ1v) is 13.2. The normalized spacial score (nSPS) is 14.5. The molecule has 1 fully saturated rings. The van der Waals surface area contributed by atoms with E-state index in [1.54, 1.807) is 0 Å². The highest BCUT2D eigenvalue weighted by molar-refractivity contribution is 5.99. The van der Waals surface area contributed by atoms with Gasteiger partial charge in [0.1, 0.15) is 5.82 Å². The van der Waals surface area contributed by atoms with E-state index < -0.39 is 5.97 Å². The van der Waals surface area contributed by atoms with Crippen LogP contribution in [-0.2, 0) is 6.42 Å². The van der Waals surface area contributed by atoms with Gasteiger partial charge >= 0.3 is 5.97 Å². The predicted octanol–water partition coefficient (Wildman–Crippen LogP) is 7.28. The molecule has 0 aliphatic carbocycles. The largest absolute Gasteiger partial charge is 0.478 e. The van der Waals surface area contributed by atoms with Crippen molar-refractivity contribution >= 4 is 22.7 Å². The molecule has 0 amide bonds. The van der Waals surface area contributed by atoms with E-state index in [0.29, 0.717) is 5.56 Å². The average Bonchev–Trinajstić information content (AvgIpc) is 3.25. The van der Waals surface area contributed by atoms with Crippen LogP contribution in [0.25, 0.3) is 27.8 Å². The molecule has 0 bridgehead atoms. The van der Waals surface area contributed by atoms with Crippen molar-refractivity contribution in [3.8, 4) is 16.8 Å². The van der Waals surface area contributed by atoms with Crippen LogP contribution in [0.15, 0.2) is 60.7 Å². The number of hydrogen-bond donors (Lipinski definition) is 1. The van der Waals surface area contributed by atoms with E-state index in [9.17, 15) is 9.90 Å². The Balaban J connectivity index is 1.68. The van der Waals surface area contributed by atoms with Crippen molar-refractivity contribution in [2.75, 3.05) is 18.0 Å². The fourth-order valence-electron chi connectivity index (χ4n) is 5.43. The summed E-state index contributed by atoms with van der Waals surface area (Å²) in [5, 5.41) is 10.3.